The Kier molecular flexibility index (Phi) is 3.79. The summed E-state index contributed by atoms with van der Waals surface area (Å²) in [6.07, 6.45) is 2.31. The van der Waals surface area contributed by atoms with Crippen LogP contribution in [0.5, 0.6) is 0 Å². The quantitative estimate of drug-likeness (QED) is 0.703. The minimum absolute atomic E-state index is 0.0320. The van der Waals surface area contributed by atoms with Crippen LogP contribution in [0.4, 0.5) is 4.79 Å². The zero-order chi connectivity index (χ0) is 14.0. The Bertz CT molecular complexity index is 483. The Hall–Kier alpha value is -1.96. The van der Waals surface area contributed by atoms with Gasteiger partial charge < -0.3 is 10.0 Å². The number of aromatic nitrogens is 3. The molecule has 1 aliphatic heterocycles. The topological polar surface area (TPSA) is 107 Å². The molecule has 3 N–H and O–H groups in total. The van der Waals surface area contributed by atoms with Crippen molar-refractivity contribution in [3.8, 4) is 0 Å². The molecule has 19 heavy (non-hydrogen) atoms. The number of rotatable bonds is 5. The van der Waals surface area contributed by atoms with E-state index in [0.717, 1.165) is 0 Å². The monoisotopic (exact) mass is 266 g/mol. The summed E-state index contributed by atoms with van der Waals surface area (Å²) < 4.78 is 1.61. The van der Waals surface area contributed by atoms with E-state index in [-0.39, 0.29) is 24.5 Å². The lowest BCUT2D eigenvalue weighted by Gasteiger charge is -2.24. The van der Waals surface area contributed by atoms with Crippen LogP contribution in [0.1, 0.15) is 32.0 Å². The number of amides is 2. The van der Waals surface area contributed by atoms with Gasteiger partial charge in [-0.3, -0.25) is 15.4 Å². The van der Waals surface area contributed by atoms with Gasteiger partial charge in [-0.1, -0.05) is 5.21 Å². The Morgan fingerprint density at radius 1 is 1.58 bits per heavy atom. The van der Waals surface area contributed by atoms with Crippen LogP contribution in [-0.2, 0) is 6.54 Å². The Morgan fingerprint density at radius 3 is 2.95 bits per heavy atom. The first-order valence-electron chi connectivity index (χ1n) is 6.23. The predicted molar refractivity (Wildman–Crippen MR) is 67.7 cm³/mol. The lowest BCUT2D eigenvalue weighted by molar-refractivity contribution is 0.189. The number of nitrogens with zero attached hydrogens (tertiary/aromatic N) is 4. The molecule has 1 atom stereocenters. The first kappa shape index (κ1) is 13.5. The second-order valence-electron chi connectivity index (χ2n) is 4.73. The Labute approximate surface area is 110 Å². The average molecular weight is 266 g/mol. The number of aliphatic hydroxyl groups is 1. The molecule has 104 valence electrons. The number of amidine groups is 1. The third-order valence-corrected chi connectivity index (χ3v) is 2.97. The molecule has 0 radical (unpaired) electrons. The molecule has 8 heteroatoms. The number of aryl methyl sites for hydroxylation is 1. The molecule has 2 amide bonds. The van der Waals surface area contributed by atoms with Crippen molar-refractivity contribution in [2.75, 3.05) is 6.61 Å². The maximum atomic E-state index is 11.8. The van der Waals surface area contributed by atoms with Gasteiger partial charge >= 0.3 is 6.03 Å². The van der Waals surface area contributed by atoms with Gasteiger partial charge in [0.15, 0.2) is 0 Å². The standard InChI is InChI=1S/C11H18N6O2/c1-7(2)17-9(10(12)13-11(17)19)8-6-16(15-14-8)4-3-5-18/h6-7,9,18H,3-5H2,1-2H3,(H2,12,13,19). The first-order valence-corrected chi connectivity index (χ1v) is 6.23. The largest absolute Gasteiger partial charge is 0.396 e. The van der Waals surface area contributed by atoms with Crippen LogP contribution in [0.15, 0.2) is 6.20 Å². The number of hydrogen-bond donors (Lipinski definition) is 3. The molecule has 2 heterocycles. The second kappa shape index (κ2) is 5.35. The minimum Gasteiger partial charge on any atom is -0.396 e. The van der Waals surface area contributed by atoms with Gasteiger partial charge in [-0.05, 0) is 20.3 Å². The number of carbonyl (C=O) groups is 1. The van der Waals surface area contributed by atoms with E-state index in [1.165, 1.54) is 0 Å². The molecule has 1 aromatic heterocycles. The van der Waals surface area contributed by atoms with Crippen molar-refractivity contribution < 1.29 is 9.90 Å². The summed E-state index contributed by atoms with van der Waals surface area (Å²) >= 11 is 0. The van der Waals surface area contributed by atoms with Gasteiger partial charge in [0.25, 0.3) is 0 Å². The van der Waals surface area contributed by atoms with Crippen molar-refractivity contribution in [1.29, 1.82) is 5.41 Å². The van der Waals surface area contributed by atoms with E-state index in [2.05, 4.69) is 15.6 Å². The van der Waals surface area contributed by atoms with Crippen LogP contribution in [0.3, 0.4) is 0 Å². The zero-order valence-corrected chi connectivity index (χ0v) is 11.0. The van der Waals surface area contributed by atoms with Crippen molar-refractivity contribution in [1.82, 2.24) is 25.2 Å². The predicted octanol–water partition coefficient (Wildman–Crippen LogP) is 0.112. The van der Waals surface area contributed by atoms with E-state index in [0.29, 0.717) is 18.7 Å². The summed E-state index contributed by atoms with van der Waals surface area (Å²) in [7, 11) is 0. The molecule has 2 rings (SSSR count). The van der Waals surface area contributed by atoms with E-state index >= 15 is 0 Å². The number of nitrogens with one attached hydrogen (secondary N) is 2. The molecule has 1 fully saturated rings. The van der Waals surface area contributed by atoms with E-state index in [1.807, 2.05) is 13.8 Å². The molecular formula is C11H18N6O2. The molecule has 0 bridgehead atoms. The molecular weight excluding hydrogens is 248 g/mol. The van der Waals surface area contributed by atoms with Crippen molar-refractivity contribution in [3.05, 3.63) is 11.9 Å². The summed E-state index contributed by atoms with van der Waals surface area (Å²) in [5.74, 6) is 0.118. The molecule has 0 spiro atoms. The third-order valence-electron chi connectivity index (χ3n) is 2.97. The number of carbonyl (C=O) groups excluding carboxylic acids is 1. The highest BCUT2D eigenvalue weighted by Gasteiger charge is 2.39. The van der Waals surface area contributed by atoms with Crippen LogP contribution >= 0.6 is 0 Å². The lowest BCUT2D eigenvalue weighted by atomic mass is 10.1. The van der Waals surface area contributed by atoms with Gasteiger partial charge in [-0.2, -0.15) is 0 Å². The fraction of sp³-hybridized carbons (Fsp3) is 0.636. The van der Waals surface area contributed by atoms with E-state index < -0.39 is 6.04 Å². The van der Waals surface area contributed by atoms with Crippen LogP contribution in [0, 0.1) is 5.41 Å². The van der Waals surface area contributed by atoms with Crippen LogP contribution in [0.2, 0.25) is 0 Å². The van der Waals surface area contributed by atoms with E-state index in [4.69, 9.17) is 10.5 Å². The summed E-state index contributed by atoms with van der Waals surface area (Å²) in [6, 6.07) is -0.819. The maximum absolute atomic E-state index is 11.8. The van der Waals surface area contributed by atoms with Crippen molar-refractivity contribution in [2.24, 2.45) is 0 Å². The Balaban J connectivity index is 2.21. The van der Waals surface area contributed by atoms with Crippen LogP contribution in [-0.4, -0.2) is 49.5 Å². The van der Waals surface area contributed by atoms with Gasteiger partial charge in [0, 0.05) is 19.2 Å². The first-order chi connectivity index (χ1) is 9.04. The van der Waals surface area contributed by atoms with Gasteiger partial charge in [0.05, 0.1) is 6.20 Å². The molecule has 0 aliphatic carbocycles. The molecule has 1 unspecified atom stereocenters. The summed E-state index contributed by atoms with van der Waals surface area (Å²) in [5, 5.41) is 27.1. The molecule has 0 saturated carbocycles. The minimum atomic E-state index is -0.504. The van der Waals surface area contributed by atoms with Crippen molar-refractivity contribution in [3.63, 3.8) is 0 Å². The molecule has 1 aromatic rings. The zero-order valence-electron chi connectivity index (χ0n) is 11.0. The van der Waals surface area contributed by atoms with Crippen LogP contribution in [0.25, 0.3) is 0 Å². The van der Waals surface area contributed by atoms with Gasteiger partial charge in [0.2, 0.25) is 0 Å². The van der Waals surface area contributed by atoms with Gasteiger partial charge in [0.1, 0.15) is 17.6 Å². The highest BCUT2D eigenvalue weighted by atomic mass is 16.3. The third kappa shape index (κ3) is 2.58. The molecule has 1 saturated heterocycles. The summed E-state index contributed by atoms with van der Waals surface area (Å²) in [4.78, 5) is 13.3. The summed E-state index contributed by atoms with van der Waals surface area (Å²) in [6.45, 7) is 4.43. The normalized spacial score (nSPS) is 19.4. The second-order valence-corrected chi connectivity index (χ2v) is 4.73. The van der Waals surface area contributed by atoms with Crippen molar-refractivity contribution in [2.45, 2.75) is 38.9 Å². The van der Waals surface area contributed by atoms with Crippen LogP contribution < -0.4 is 5.32 Å². The molecule has 0 aromatic carbocycles. The molecule has 1 aliphatic rings. The molecule has 8 nitrogen and oxygen atoms in total. The SMILES string of the molecule is CC(C)N1C(=O)NC(=N)C1c1cn(CCCO)nn1. The highest BCUT2D eigenvalue weighted by Crippen LogP contribution is 2.26. The summed E-state index contributed by atoms with van der Waals surface area (Å²) in [5.41, 5.74) is 0.565. The maximum Gasteiger partial charge on any atom is 0.323 e. The fourth-order valence-corrected chi connectivity index (χ4v) is 2.11. The number of hydrogen-bond acceptors (Lipinski definition) is 5. The van der Waals surface area contributed by atoms with Gasteiger partial charge in [-0.15, -0.1) is 5.10 Å². The lowest BCUT2D eigenvalue weighted by Crippen LogP contribution is -2.35. The number of aliphatic hydroxyl groups excluding tert-OH is 1. The van der Waals surface area contributed by atoms with E-state index in [1.54, 1.807) is 15.8 Å². The average Bonchev–Trinajstić information content (AvgIpc) is 2.90. The van der Waals surface area contributed by atoms with E-state index in [9.17, 15) is 4.79 Å². The smallest absolute Gasteiger partial charge is 0.323 e. The number of urea groups is 1. The van der Waals surface area contributed by atoms with Crippen molar-refractivity contribution >= 4 is 11.9 Å². The fourth-order valence-electron chi connectivity index (χ4n) is 2.11. The Morgan fingerprint density at radius 2 is 2.32 bits per heavy atom. The highest BCUT2D eigenvalue weighted by molar-refractivity contribution is 6.05. The van der Waals surface area contributed by atoms with Gasteiger partial charge in [-0.25, -0.2) is 4.79 Å².